The van der Waals surface area contributed by atoms with Gasteiger partial charge in [-0.05, 0) is 17.1 Å². The molecule has 1 aromatic heterocycles. The maximum atomic E-state index is 13.3. The van der Waals surface area contributed by atoms with Gasteiger partial charge in [-0.15, -0.1) is 5.10 Å². The summed E-state index contributed by atoms with van der Waals surface area (Å²) in [4.78, 5) is 10.7. The number of ether oxygens (including phenoxy) is 1. The quantitative estimate of drug-likeness (QED) is 0.631. The van der Waals surface area contributed by atoms with Gasteiger partial charge in [0.2, 0.25) is 0 Å². The Balaban J connectivity index is 2.64. The Morgan fingerprint density at radius 2 is 2.26 bits per heavy atom. The first kappa shape index (κ1) is 14.4. The van der Waals surface area contributed by atoms with Gasteiger partial charge in [-0.25, -0.2) is 9.36 Å². The zero-order valence-electron chi connectivity index (χ0n) is 9.59. The van der Waals surface area contributed by atoms with E-state index in [0.29, 0.717) is 10.6 Å². The molecule has 0 aliphatic heterocycles. The second kappa shape index (κ2) is 5.54. The van der Waals surface area contributed by atoms with Gasteiger partial charge in [-0.1, -0.05) is 46.0 Å². The highest BCUT2D eigenvalue weighted by molar-refractivity contribution is 7.81. The molecule has 1 aliphatic rings. The van der Waals surface area contributed by atoms with Crippen molar-refractivity contribution in [2.24, 2.45) is 0 Å². The lowest BCUT2D eigenvalue weighted by Gasteiger charge is -2.21. The lowest BCUT2D eigenvalue weighted by molar-refractivity contribution is 0.195. The third-order valence-corrected chi connectivity index (χ3v) is 3.25. The molecule has 1 heterocycles. The number of hydrogen-bond acceptors (Lipinski definition) is 4. The molecular formula is C10H8Cl2FN3O2S. The van der Waals surface area contributed by atoms with Crippen molar-refractivity contribution in [1.82, 2.24) is 14.6 Å². The highest BCUT2D eigenvalue weighted by Gasteiger charge is 2.28. The summed E-state index contributed by atoms with van der Waals surface area (Å²) in [7, 11) is 1.42. The normalized spacial score (nSPS) is 19.1. The lowest BCUT2D eigenvalue weighted by atomic mass is 10.1. The summed E-state index contributed by atoms with van der Waals surface area (Å²) in [5.74, 6) is -0.137. The van der Waals surface area contributed by atoms with Crippen LogP contribution in [0, 0.1) is 0 Å². The molecule has 9 heteroatoms. The Kier molecular flexibility index (Phi) is 4.19. The lowest BCUT2D eigenvalue weighted by Crippen LogP contribution is -2.32. The molecule has 102 valence electrons. The highest BCUT2D eigenvalue weighted by atomic mass is 35.5. The molecule has 0 radical (unpaired) electrons. The summed E-state index contributed by atoms with van der Waals surface area (Å²) in [6.45, 7) is 0. The minimum atomic E-state index is -1.16. The molecule has 5 nitrogen and oxygen atoms in total. The van der Waals surface area contributed by atoms with Gasteiger partial charge in [0.1, 0.15) is 6.10 Å². The van der Waals surface area contributed by atoms with Gasteiger partial charge in [-0.3, -0.25) is 0 Å². The maximum Gasteiger partial charge on any atom is 0.380 e. The third-order valence-electron chi connectivity index (χ3n) is 2.51. The van der Waals surface area contributed by atoms with Gasteiger partial charge in [-0.2, -0.15) is 0 Å². The van der Waals surface area contributed by atoms with E-state index >= 15 is 0 Å². The molecule has 0 spiro atoms. The van der Waals surface area contributed by atoms with Crippen molar-refractivity contribution >= 4 is 46.0 Å². The topological polar surface area (TPSA) is 49.0 Å². The Morgan fingerprint density at radius 1 is 1.58 bits per heavy atom. The first-order chi connectivity index (χ1) is 8.97. The largest absolute Gasteiger partial charge is 0.380 e. The van der Waals surface area contributed by atoms with E-state index < -0.39 is 16.6 Å². The van der Waals surface area contributed by atoms with E-state index in [1.807, 2.05) is 0 Å². The van der Waals surface area contributed by atoms with Gasteiger partial charge < -0.3 is 4.74 Å². The highest BCUT2D eigenvalue weighted by Crippen LogP contribution is 2.27. The zero-order chi connectivity index (χ0) is 14.2. The molecule has 0 N–H and O–H groups in total. The maximum absolute atomic E-state index is 13.3. The molecule has 1 atom stereocenters. The van der Waals surface area contributed by atoms with Crippen LogP contribution in [0.15, 0.2) is 23.0 Å². The Hall–Kier alpha value is -1.02. The minimum Gasteiger partial charge on any atom is -0.370 e. The molecule has 19 heavy (non-hydrogen) atoms. The van der Waals surface area contributed by atoms with Crippen LogP contribution in [0.2, 0.25) is 0 Å². The number of allylic oxidation sites excluding steroid dienone is 2. The average Bonchev–Trinajstić information content (AvgIpc) is 2.66. The van der Waals surface area contributed by atoms with Crippen LogP contribution in [-0.4, -0.2) is 32.6 Å². The molecule has 1 aliphatic carbocycles. The molecule has 0 bridgehead atoms. The molecule has 0 fully saturated rings. The number of halogens is 3. The second-order valence-electron chi connectivity index (χ2n) is 3.61. The van der Waals surface area contributed by atoms with Crippen molar-refractivity contribution < 1.29 is 9.22 Å². The van der Waals surface area contributed by atoms with Crippen LogP contribution >= 0.6 is 35.4 Å². The van der Waals surface area contributed by atoms with Crippen molar-refractivity contribution in [3.05, 3.63) is 34.5 Å². The molecular weight excluding hydrogens is 316 g/mol. The third kappa shape index (κ3) is 2.51. The fourth-order valence-corrected chi connectivity index (χ4v) is 2.31. The van der Waals surface area contributed by atoms with Crippen LogP contribution in [0.4, 0.5) is 4.48 Å². The second-order valence-corrected chi connectivity index (χ2v) is 5.17. The van der Waals surface area contributed by atoms with Crippen molar-refractivity contribution in [2.75, 3.05) is 7.11 Å². The summed E-state index contributed by atoms with van der Waals surface area (Å²) >= 11 is 16.5. The van der Waals surface area contributed by atoms with E-state index in [2.05, 4.69) is 5.10 Å². The Labute approximate surface area is 122 Å². The standard InChI is InChI=1S/C10H8Cl2FN3O2S/c1-18-7-5(3-2-4-6(7)19)15-9(8(11)12)14-16(13)10(15)17/h2-4,7-8H,1H3. The SMILES string of the molecule is COC1C(=S)C=CC=C1n1c(C(Cl)Cl)nn(F)c1=O. The van der Waals surface area contributed by atoms with Gasteiger partial charge in [0, 0.05) is 12.0 Å². The van der Waals surface area contributed by atoms with E-state index in [9.17, 15) is 9.28 Å². The van der Waals surface area contributed by atoms with E-state index in [0.717, 1.165) is 4.57 Å². The van der Waals surface area contributed by atoms with E-state index in [-0.39, 0.29) is 10.7 Å². The Morgan fingerprint density at radius 3 is 2.84 bits per heavy atom. The van der Waals surface area contributed by atoms with E-state index in [1.165, 1.54) is 7.11 Å². The summed E-state index contributed by atoms with van der Waals surface area (Å²) < 4.78 is 19.4. The predicted molar refractivity (Wildman–Crippen MR) is 74.2 cm³/mol. The van der Waals surface area contributed by atoms with Crippen LogP contribution in [0.5, 0.6) is 0 Å². The predicted octanol–water partition coefficient (Wildman–Crippen LogP) is 2.05. The minimum absolute atomic E-state index is 0.137. The summed E-state index contributed by atoms with van der Waals surface area (Å²) in [5, 5.41) is 3.35. The number of methoxy groups -OCH3 is 1. The van der Waals surface area contributed by atoms with Crippen LogP contribution in [0.25, 0.3) is 5.70 Å². The van der Waals surface area contributed by atoms with Crippen LogP contribution in [0.1, 0.15) is 10.7 Å². The summed E-state index contributed by atoms with van der Waals surface area (Å²) in [5.41, 5.74) is -0.710. The average molecular weight is 324 g/mol. The Bertz CT molecular complexity index is 635. The van der Waals surface area contributed by atoms with Crippen LogP contribution in [-0.2, 0) is 4.74 Å². The molecule has 0 saturated carbocycles. The molecule has 1 unspecified atom stereocenters. The van der Waals surface area contributed by atoms with Crippen molar-refractivity contribution in [2.45, 2.75) is 10.9 Å². The summed E-state index contributed by atoms with van der Waals surface area (Å²) in [6, 6.07) is 0. The van der Waals surface area contributed by atoms with Crippen molar-refractivity contribution in [3.63, 3.8) is 0 Å². The van der Waals surface area contributed by atoms with E-state index in [1.54, 1.807) is 18.2 Å². The molecule has 0 aromatic carbocycles. The first-order valence-corrected chi connectivity index (χ1v) is 6.37. The molecule has 0 amide bonds. The number of hydrogen-bond donors (Lipinski definition) is 0. The van der Waals surface area contributed by atoms with Gasteiger partial charge >= 0.3 is 5.69 Å². The monoisotopic (exact) mass is 323 g/mol. The van der Waals surface area contributed by atoms with Crippen molar-refractivity contribution in [3.8, 4) is 0 Å². The molecule has 0 saturated heterocycles. The number of aromatic nitrogens is 3. The van der Waals surface area contributed by atoms with Crippen LogP contribution < -0.4 is 5.69 Å². The number of thiocarbonyl (C=S) groups is 1. The summed E-state index contributed by atoms with van der Waals surface area (Å²) in [6.07, 6.45) is 4.16. The number of nitrogens with zero attached hydrogens (tertiary/aromatic N) is 3. The molecule has 2 rings (SSSR count). The molecule has 1 aromatic rings. The first-order valence-electron chi connectivity index (χ1n) is 5.09. The van der Waals surface area contributed by atoms with Gasteiger partial charge in [0.05, 0.1) is 5.70 Å². The van der Waals surface area contributed by atoms with E-state index in [4.69, 9.17) is 40.2 Å². The van der Waals surface area contributed by atoms with Gasteiger partial charge in [0.15, 0.2) is 10.7 Å². The van der Waals surface area contributed by atoms with Crippen LogP contribution in [0.3, 0.4) is 0 Å². The zero-order valence-corrected chi connectivity index (χ0v) is 11.9. The van der Waals surface area contributed by atoms with Crippen molar-refractivity contribution in [1.29, 1.82) is 0 Å². The fraction of sp³-hybridized carbons (Fsp3) is 0.300. The number of alkyl halides is 2. The smallest absolute Gasteiger partial charge is 0.370 e. The number of rotatable bonds is 3. The van der Waals surface area contributed by atoms with Gasteiger partial charge in [0.25, 0.3) is 0 Å². The fourth-order valence-electron chi connectivity index (χ4n) is 1.73.